The first-order valence-electron chi connectivity index (χ1n) is 10.6. The van der Waals surface area contributed by atoms with Crippen molar-refractivity contribution in [2.45, 2.75) is 51.0 Å². The minimum absolute atomic E-state index is 0.0377. The third-order valence-corrected chi connectivity index (χ3v) is 6.28. The molecule has 1 aliphatic carbocycles. The van der Waals surface area contributed by atoms with Crippen molar-refractivity contribution in [1.29, 1.82) is 0 Å². The molecule has 2 heterocycles. The van der Waals surface area contributed by atoms with Gasteiger partial charge in [0.2, 0.25) is 0 Å². The van der Waals surface area contributed by atoms with E-state index in [-0.39, 0.29) is 11.8 Å². The summed E-state index contributed by atoms with van der Waals surface area (Å²) in [7, 11) is 3.33. The fourth-order valence-electron chi connectivity index (χ4n) is 4.64. The van der Waals surface area contributed by atoms with Crippen LogP contribution in [0.3, 0.4) is 0 Å². The van der Waals surface area contributed by atoms with Gasteiger partial charge in [0, 0.05) is 31.1 Å². The second kappa shape index (κ2) is 8.84. The lowest BCUT2D eigenvalue weighted by molar-refractivity contribution is 0.0784. The van der Waals surface area contributed by atoms with Crippen LogP contribution < -0.4 is 9.47 Å². The number of methoxy groups -OCH3 is 2. The number of hydrogen-bond acceptors (Lipinski definition) is 5. The van der Waals surface area contributed by atoms with E-state index in [2.05, 4.69) is 10.3 Å². The predicted molar refractivity (Wildman–Crippen MR) is 109 cm³/mol. The van der Waals surface area contributed by atoms with Gasteiger partial charge in [0.1, 0.15) is 11.5 Å². The lowest BCUT2D eigenvalue weighted by atomic mass is 9.89. The highest BCUT2D eigenvalue weighted by Crippen LogP contribution is 2.36. The Balaban J connectivity index is 1.41. The summed E-state index contributed by atoms with van der Waals surface area (Å²) in [6.07, 6.45) is 9.15. The van der Waals surface area contributed by atoms with Crippen LogP contribution in [0.5, 0.6) is 11.5 Å². The standard InChI is InChI=1S/C22H30N4O3/c1-28-18-8-9-21(29-2)19(12-18)17-10-11-25(14-17)22(27)20-15-26(24-23-20)13-16-6-4-3-5-7-16/h8-9,12,15-17H,3-7,10-11,13-14H2,1-2H3. The van der Waals surface area contributed by atoms with Crippen molar-refractivity contribution in [3.05, 3.63) is 35.7 Å². The van der Waals surface area contributed by atoms with Crippen molar-refractivity contribution in [2.24, 2.45) is 5.92 Å². The molecule has 1 saturated carbocycles. The summed E-state index contributed by atoms with van der Waals surface area (Å²) < 4.78 is 12.7. The Morgan fingerprint density at radius 1 is 1.14 bits per heavy atom. The number of carbonyl (C=O) groups is 1. The average molecular weight is 399 g/mol. The van der Waals surface area contributed by atoms with Crippen LogP contribution in [0.2, 0.25) is 0 Å². The molecule has 156 valence electrons. The van der Waals surface area contributed by atoms with Crippen LogP contribution in [0.15, 0.2) is 24.4 Å². The predicted octanol–water partition coefficient (Wildman–Crippen LogP) is 3.51. The minimum atomic E-state index is -0.0377. The summed E-state index contributed by atoms with van der Waals surface area (Å²) in [5.74, 6) is 2.48. The molecule has 0 spiro atoms. The zero-order chi connectivity index (χ0) is 20.2. The molecular formula is C22H30N4O3. The quantitative estimate of drug-likeness (QED) is 0.745. The Morgan fingerprint density at radius 2 is 1.97 bits per heavy atom. The minimum Gasteiger partial charge on any atom is -0.497 e. The van der Waals surface area contributed by atoms with E-state index in [0.29, 0.717) is 24.7 Å². The summed E-state index contributed by atoms with van der Waals surface area (Å²) in [4.78, 5) is 14.8. The van der Waals surface area contributed by atoms with Crippen molar-refractivity contribution in [3.63, 3.8) is 0 Å². The number of likely N-dealkylation sites (tertiary alicyclic amines) is 1. The van der Waals surface area contributed by atoms with Crippen molar-refractivity contribution >= 4 is 5.91 Å². The molecule has 4 rings (SSSR count). The molecule has 0 N–H and O–H groups in total. The van der Waals surface area contributed by atoms with E-state index >= 15 is 0 Å². The average Bonchev–Trinajstić information content (AvgIpc) is 3.43. The van der Waals surface area contributed by atoms with Gasteiger partial charge in [-0.2, -0.15) is 0 Å². The van der Waals surface area contributed by atoms with Gasteiger partial charge in [0.05, 0.1) is 20.4 Å². The van der Waals surface area contributed by atoms with E-state index < -0.39 is 0 Å². The van der Waals surface area contributed by atoms with Gasteiger partial charge >= 0.3 is 0 Å². The number of hydrogen-bond donors (Lipinski definition) is 0. The molecule has 1 aromatic heterocycles. The highest BCUT2D eigenvalue weighted by molar-refractivity contribution is 5.92. The van der Waals surface area contributed by atoms with E-state index in [1.807, 2.05) is 34.0 Å². The molecule has 1 saturated heterocycles. The maximum Gasteiger partial charge on any atom is 0.276 e. The van der Waals surface area contributed by atoms with Crippen LogP contribution in [-0.2, 0) is 6.54 Å². The lowest BCUT2D eigenvalue weighted by Gasteiger charge is -2.20. The zero-order valence-electron chi connectivity index (χ0n) is 17.3. The highest BCUT2D eigenvalue weighted by Gasteiger charge is 2.31. The molecule has 1 aromatic carbocycles. The first-order valence-corrected chi connectivity index (χ1v) is 10.6. The Bertz CT molecular complexity index is 844. The second-order valence-corrected chi connectivity index (χ2v) is 8.17. The van der Waals surface area contributed by atoms with Crippen LogP contribution in [-0.4, -0.2) is 53.1 Å². The molecule has 1 aliphatic heterocycles. The van der Waals surface area contributed by atoms with E-state index in [9.17, 15) is 4.79 Å². The molecule has 2 fully saturated rings. The Kier molecular flexibility index (Phi) is 6.02. The Labute approximate surface area is 172 Å². The molecule has 29 heavy (non-hydrogen) atoms. The van der Waals surface area contributed by atoms with Crippen molar-refractivity contribution < 1.29 is 14.3 Å². The van der Waals surface area contributed by atoms with Crippen molar-refractivity contribution in [3.8, 4) is 11.5 Å². The van der Waals surface area contributed by atoms with Crippen molar-refractivity contribution in [1.82, 2.24) is 19.9 Å². The zero-order valence-corrected chi connectivity index (χ0v) is 17.3. The van der Waals surface area contributed by atoms with Gasteiger partial charge in [0.25, 0.3) is 5.91 Å². The molecule has 2 aliphatic rings. The number of aromatic nitrogens is 3. The Morgan fingerprint density at radius 3 is 2.72 bits per heavy atom. The topological polar surface area (TPSA) is 69.5 Å². The molecule has 0 bridgehead atoms. The van der Waals surface area contributed by atoms with Crippen LogP contribution in [0.25, 0.3) is 0 Å². The SMILES string of the molecule is COc1ccc(OC)c(C2CCN(C(=O)c3cn(CC4CCCCC4)nn3)C2)c1. The molecule has 1 unspecified atom stereocenters. The molecule has 1 amide bonds. The van der Waals surface area contributed by atoms with Crippen LogP contribution in [0, 0.1) is 5.92 Å². The summed E-state index contributed by atoms with van der Waals surface area (Å²) in [6, 6.07) is 5.83. The van der Waals surface area contributed by atoms with Gasteiger partial charge in [-0.25, -0.2) is 0 Å². The molecule has 1 atom stereocenters. The maximum absolute atomic E-state index is 13.0. The normalized spacial score (nSPS) is 20.1. The van der Waals surface area contributed by atoms with Gasteiger partial charge in [-0.1, -0.05) is 24.5 Å². The third-order valence-electron chi connectivity index (χ3n) is 6.28. The monoisotopic (exact) mass is 398 g/mol. The van der Waals surface area contributed by atoms with Gasteiger partial charge in [-0.15, -0.1) is 5.10 Å². The maximum atomic E-state index is 13.0. The summed E-state index contributed by atoms with van der Waals surface area (Å²) in [6.45, 7) is 2.22. The largest absolute Gasteiger partial charge is 0.497 e. The molecule has 2 aromatic rings. The van der Waals surface area contributed by atoms with Crippen LogP contribution in [0.1, 0.15) is 60.5 Å². The molecule has 7 heteroatoms. The van der Waals surface area contributed by atoms with Crippen LogP contribution in [0.4, 0.5) is 0 Å². The van der Waals surface area contributed by atoms with Crippen molar-refractivity contribution in [2.75, 3.05) is 27.3 Å². The van der Waals surface area contributed by atoms with Gasteiger partial charge < -0.3 is 14.4 Å². The first kappa shape index (κ1) is 19.7. The number of ether oxygens (including phenoxy) is 2. The van der Waals surface area contributed by atoms with E-state index in [1.54, 1.807) is 14.2 Å². The van der Waals surface area contributed by atoms with E-state index in [0.717, 1.165) is 30.0 Å². The van der Waals surface area contributed by atoms with Crippen LogP contribution >= 0.6 is 0 Å². The summed E-state index contributed by atoms with van der Waals surface area (Å²) >= 11 is 0. The molecule has 7 nitrogen and oxygen atoms in total. The molecular weight excluding hydrogens is 368 g/mol. The summed E-state index contributed by atoms with van der Waals surface area (Å²) in [5, 5.41) is 8.37. The first-order chi connectivity index (χ1) is 14.2. The number of carbonyl (C=O) groups excluding carboxylic acids is 1. The number of rotatable bonds is 6. The number of benzene rings is 1. The fourth-order valence-corrected chi connectivity index (χ4v) is 4.64. The number of amides is 1. The highest BCUT2D eigenvalue weighted by atomic mass is 16.5. The van der Waals surface area contributed by atoms with E-state index in [4.69, 9.17) is 9.47 Å². The van der Waals surface area contributed by atoms with Gasteiger partial charge in [0.15, 0.2) is 5.69 Å². The Hall–Kier alpha value is -2.57. The van der Waals surface area contributed by atoms with E-state index in [1.165, 1.54) is 32.1 Å². The smallest absolute Gasteiger partial charge is 0.276 e. The number of nitrogens with zero attached hydrogens (tertiary/aromatic N) is 4. The third kappa shape index (κ3) is 4.38. The van der Waals surface area contributed by atoms with Gasteiger partial charge in [-0.3, -0.25) is 9.48 Å². The molecule has 0 radical (unpaired) electrons. The van der Waals surface area contributed by atoms with Gasteiger partial charge in [-0.05, 0) is 43.4 Å². The second-order valence-electron chi connectivity index (χ2n) is 8.17. The summed E-state index contributed by atoms with van der Waals surface area (Å²) in [5.41, 5.74) is 1.53. The fraction of sp³-hybridized carbons (Fsp3) is 0.591. The lowest BCUT2D eigenvalue weighted by Crippen LogP contribution is -2.28.